The van der Waals surface area contributed by atoms with Crippen molar-refractivity contribution in [3.05, 3.63) is 42.4 Å². The molecule has 160 valence electrons. The third-order valence-corrected chi connectivity index (χ3v) is 6.30. The van der Waals surface area contributed by atoms with Crippen LogP contribution in [0.2, 0.25) is 0 Å². The van der Waals surface area contributed by atoms with Crippen LogP contribution >= 0.6 is 11.8 Å². The molecule has 0 saturated carbocycles. The summed E-state index contributed by atoms with van der Waals surface area (Å²) < 4.78 is 41.6. The van der Waals surface area contributed by atoms with E-state index in [0.717, 1.165) is 16.3 Å². The van der Waals surface area contributed by atoms with Crippen molar-refractivity contribution in [3.63, 3.8) is 0 Å². The van der Waals surface area contributed by atoms with Crippen LogP contribution in [0.15, 0.2) is 41.0 Å². The Labute approximate surface area is 175 Å². The molecule has 0 spiro atoms. The maximum absolute atomic E-state index is 12.6. The van der Waals surface area contributed by atoms with Crippen molar-refractivity contribution in [2.24, 2.45) is 0 Å². The summed E-state index contributed by atoms with van der Waals surface area (Å²) in [4.78, 5) is 12.6. The highest BCUT2D eigenvalue weighted by Crippen LogP contribution is 2.33. The molecule has 29 heavy (non-hydrogen) atoms. The number of rotatable bonds is 11. The number of ether oxygens (including phenoxy) is 2. The maximum Gasteiger partial charge on any atom is 0.243 e. The summed E-state index contributed by atoms with van der Waals surface area (Å²) in [6.07, 6.45) is 2.68. The Morgan fingerprint density at radius 1 is 1.24 bits per heavy atom. The van der Waals surface area contributed by atoms with Gasteiger partial charge >= 0.3 is 0 Å². The molecule has 1 aromatic heterocycles. The number of benzene rings is 1. The van der Waals surface area contributed by atoms with E-state index in [-0.39, 0.29) is 5.91 Å². The fourth-order valence-electron chi connectivity index (χ4n) is 2.73. The van der Waals surface area contributed by atoms with Crippen LogP contribution in [-0.4, -0.2) is 53.1 Å². The molecule has 1 unspecified atom stereocenters. The number of carbonyl (C=O) groups is 1. The SMILES string of the molecule is COc1ccc(N(C(C)C(=O)NCCSCc2ccco2)S(C)(=O)=O)cc1OC. The lowest BCUT2D eigenvalue weighted by Gasteiger charge is -2.28. The third-order valence-electron chi connectivity index (χ3n) is 4.08. The standard InChI is InChI=1S/C19H26N2O6S2/c1-14(19(22)20-9-11-28-13-16-6-5-10-27-16)21(29(4,23)24)15-7-8-17(25-2)18(12-15)26-3/h5-8,10,12,14H,9,11,13H2,1-4H3,(H,20,22). The van der Waals surface area contributed by atoms with E-state index in [1.165, 1.54) is 20.3 Å². The van der Waals surface area contributed by atoms with Crippen LogP contribution in [0.3, 0.4) is 0 Å². The van der Waals surface area contributed by atoms with Crippen molar-refractivity contribution in [1.29, 1.82) is 0 Å². The van der Waals surface area contributed by atoms with Crippen molar-refractivity contribution in [3.8, 4) is 11.5 Å². The van der Waals surface area contributed by atoms with Crippen LogP contribution < -0.4 is 19.1 Å². The van der Waals surface area contributed by atoms with Gasteiger partial charge in [0.25, 0.3) is 0 Å². The largest absolute Gasteiger partial charge is 0.493 e. The first kappa shape index (κ1) is 23.0. The number of nitrogens with one attached hydrogen (secondary N) is 1. The van der Waals surface area contributed by atoms with Crippen molar-refractivity contribution in [1.82, 2.24) is 5.32 Å². The Bertz CT molecular complexity index is 899. The molecule has 0 saturated heterocycles. The molecule has 1 N–H and O–H groups in total. The molecule has 10 heteroatoms. The van der Waals surface area contributed by atoms with Gasteiger partial charge in [-0.25, -0.2) is 8.42 Å². The Morgan fingerprint density at radius 3 is 2.55 bits per heavy atom. The average molecular weight is 443 g/mol. The second kappa shape index (κ2) is 10.4. The quantitative estimate of drug-likeness (QED) is 0.534. The van der Waals surface area contributed by atoms with E-state index < -0.39 is 16.1 Å². The summed E-state index contributed by atoms with van der Waals surface area (Å²) in [5, 5.41) is 2.78. The van der Waals surface area contributed by atoms with Gasteiger partial charge in [0.05, 0.1) is 38.2 Å². The number of carbonyl (C=O) groups excluding carboxylic acids is 1. The van der Waals surface area contributed by atoms with Gasteiger partial charge in [-0.2, -0.15) is 11.8 Å². The lowest BCUT2D eigenvalue weighted by Crippen LogP contribution is -2.48. The van der Waals surface area contributed by atoms with Gasteiger partial charge in [0.1, 0.15) is 11.8 Å². The van der Waals surface area contributed by atoms with Gasteiger partial charge in [0, 0.05) is 18.4 Å². The van der Waals surface area contributed by atoms with Crippen LogP contribution in [0, 0.1) is 0 Å². The number of amides is 1. The normalized spacial score (nSPS) is 12.3. The summed E-state index contributed by atoms with van der Waals surface area (Å²) in [5.74, 6) is 2.71. The highest BCUT2D eigenvalue weighted by Gasteiger charge is 2.29. The zero-order valence-corrected chi connectivity index (χ0v) is 18.5. The number of furan rings is 1. The fourth-order valence-corrected chi connectivity index (χ4v) is 4.66. The fraction of sp³-hybridized carbons (Fsp3) is 0.421. The van der Waals surface area contributed by atoms with Crippen molar-refractivity contribution in [2.45, 2.75) is 18.7 Å². The first-order chi connectivity index (χ1) is 13.8. The second-order valence-electron chi connectivity index (χ2n) is 6.20. The summed E-state index contributed by atoms with van der Waals surface area (Å²) in [6, 6.07) is 7.49. The van der Waals surface area contributed by atoms with E-state index in [0.29, 0.717) is 35.2 Å². The van der Waals surface area contributed by atoms with Crippen molar-refractivity contribution >= 4 is 33.4 Å². The molecule has 0 aliphatic heterocycles. The second-order valence-corrected chi connectivity index (χ2v) is 9.16. The molecule has 0 radical (unpaired) electrons. The van der Waals surface area contributed by atoms with Gasteiger partial charge in [-0.15, -0.1) is 0 Å². The van der Waals surface area contributed by atoms with Gasteiger partial charge in [0.15, 0.2) is 11.5 Å². The zero-order chi connectivity index (χ0) is 21.4. The van der Waals surface area contributed by atoms with E-state index >= 15 is 0 Å². The summed E-state index contributed by atoms with van der Waals surface area (Å²) in [5.41, 5.74) is 0.319. The molecule has 1 aromatic carbocycles. The van der Waals surface area contributed by atoms with Crippen molar-refractivity contribution < 1.29 is 27.1 Å². The molecule has 1 heterocycles. The third kappa shape index (κ3) is 6.33. The minimum atomic E-state index is -3.71. The summed E-state index contributed by atoms with van der Waals surface area (Å²) in [7, 11) is -0.760. The van der Waals surface area contributed by atoms with Crippen LogP contribution in [0.5, 0.6) is 11.5 Å². The highest BCUT2D eigenvalue weighted by molar-refractivity contribution is 7.98. The average Bonchev–Trinajstić information content (AvgIpc) is 3.19. The van der Waals surface area contributed by atoms with Gasteiger partial charge in [-0.3, -0.25) is 9.10 Å². The Hall–Kier alpha value is -2.33. The summed E-state index contributed by atoms with van der Waals surface area (Å²) >= 11 is 1.61. The minimum Gasteiger partial charge on any atom is -0.493 e. The van der Waals surface area contributed by atoms with E-state index in [2.05, 4.69) is 5.32 Å². The molecule has 0 aliphatic rings. The predicted molar refractivity (Wildman–Crippen MR) is 114 cm³/mol. The van der Waals surface area contributed by atoms with Gasteiger partial charge in [-0.1, -0.05) is 0 Å². The molecule has 0 fully saturated rings. The first-order valence-electron chi connectivity index (χ1n) is 8.87. The number of hydrogen-bond acceptors (Lipinski definition) is 7. The molecule has 2 rings (SSSR count). The molecule has 0 bridgehead atoms. The molecule has 0 aliphatic carbocycles. The number of thioether (sulfide) groups is 1. The number of anilines is 1. The Kier molecular flexibility index (Phi) is 8.27. The van der Waals surface area contributed by atoms with Crippen LogP contribution in [0.4, 0.5) is 5.69 Å². The topological polar surface area (TPSA) is 98.1 Å². The van der Waals surface area contributed by atoms with Gasteiger partial charge in [-0.05, 0) is 31.2 Å². The smallest absolute Gasteiger partial charge is 0.243 e. The van der Waals surface area contributed by atoms with Gasteiger partial charge in [0.2, 0.25) is 15.9 Å². The number of sulfonamides is 1. The lowest BCUT2D eigenvalue weighted by atomic mass is 10.2. The highest BCUT2D eigenvalue weighted by atomic mass is 32.2. The molecule has 8 nitrogen and oxygen atoms in total. The zero-order valence-electron chi connectivity index (χ0n) is 16.9. The molecule has 1 amide bonds. The van der Waals surface area contributed by atoms with Crippen LogP contribution in [0.1, 0.15) is 12.7 Å². The monoisotopic (exact) mass is 442 g/mol. The first-order valence-corrected chi connectivity index (χ1v) is 11.9. The number of nitrogens with zero attached hydrogens (tertiary/aromatic N) is 1. The van der Waals surface area contributed by atoms with E-state index in [9.17, 15) is 13.2 Å². The Balaban J connectivity index is 2.03. The molecule has 2 aromatic rings. The molecular weight excluding hydrogens is 416 g/mol. The lowest BCUT2D eigenvalue weighted by molar-refractivity contribution is -0.121. The minimum absolute atomic E-state index is 0.319. The van der Waals surface area contributed by atoms with E-state index in [1.54, 1.807) is 37.1 Å². The number of methoxy groups -OCH3 is 2. The maximum atomic E-state index is 12.6. The Morgan fingerprint density at radius 2 is 1.97 bits per heavy atom. The van der Waals surface area contributed by atoms with Crippen LogP contribution in [-0.2, 0) is 20.6 Å². The van der Waals surface area contributed by atoms with E-state index in [1.807, 2.05) is 12.1 Å². The van der Waals surface area contributed by atoms with E-state index in [4.69, 9.17) is 13.9 Å². The molecular formula is C19H26N2O6S2. The van der Waals surface area contributed by atoms with Crippen molar-refractivity contribution in [2.75, 3.05) is 37.1 Å². The number of hydrogen-bond donors (Lipinski definition) is 1. The predicted octanol–water partition coefficient (Wildman–Crippen LogP) is 2.50. The summed E-state index contributed by atoms with van der Waals surface area (Å²) in [6.45, 7) is 1.96. The molecule has 1 atom stereocenters. The van der Waals surface area contributed by atoms with Gasteiger partial charge < -0.3 is 19.2 Å². The van der Waals surface area contributed by atoms with Crippen LogP contribution in [0.25, 0.3) is 0 Å².